The van der Waals surface area contributed by atoms with E-state index in [0.717, 1.165) is 18.1 Å². The van der Waals surface area contributed by atoms with Gasteiger partial charge in [-0.15, -0.1) is 19.7 Å². The van der Waals surface area contributed by atoms with Crippen LogP contribution in [0.15, 0.2) is 50.8 Å². The number of hydrogen-bond donors (Lipinski definition) is 0. The van der Waals surface area contributed by atoms with Gasteiger partial charge in [0.25, 0.3) is 8.32 Å². The minimum absolute atomic E-state index is 0.914. The molecule has 0 unspecified atom stereocenters. The van der Waals surface area contributed by atoms with Crippen LogP contribution in [0.25, 0.3) is 0 Å². The Hall–Kier alpha value is -1.02. The Morgan fingerprint density at radius 3 is 1.46 bits per heavy atom. The van der Waals surface area contributed by atoms with Crippen LogP contribution >= 0.6 is 0 Å². The Kier molecular flexibility index (Phi) is 5.98. The fraction of sp³-hybridized carbons (Fsp3) is 0.273. The van der Waals surface area contributed by atoms with Crippen LogP contribution in [0.5, 0.6) is 0 Å². The molecule has 0 atom stereocenters. The Morgan fingerprint density at radius 2 is 1.23 bits per heavy atom. The standard InChI is InChI=1S/C11H18OSi/c1-5-9-13(10-6-2,11-7-3)12-8-4/h5-8H,1-4,9-11H2. The van der Waals surface area contributed by atoms with Crippen molar-refractivity contribution < 1.29 is 4.43 Å². The predicted octanol–water partition coefficient (Wildman–Crippen LogP) is 3.65. The highest BCUT2D eigenvalue weighted by molar-refractivity contribution is 6.75. The second-order valence-electron chi connectivity index (χ2n) is 2.95. The highest BCUT2D eigenvalue weighted by Gasteiger charge is 2.31. The van der Waals surface area contributed by atoms with E-state index in [1.165, 1.54) is 6.26 Å². The molecule has 1 nitrogen and oxygen atoms in total. The van der Waals surface area contributed by atoms with E-state index >= 15 is 0 Å². The van der Waals surface area contributed by atoms with Crippen LogP contribution in [0.2, 0.25) is 18.1 Å². The fourth-order valence-electron chi connectivity index (χ4n) is 1.36. The SMILES string of the molecule is C=CC[Si](CC=C)(CC=C)OC=C. The Balaban J connectivity index is 4.53. The third-order valence-corrected chi connectivity index (χ3v) is 5.65. The Morgan fingerprint density at radius 1 is 0.846 bits per heavy atom. The molecule has 0 spiro atoms. The van der Waals surface area contributed by atoms with Gasteiger partial charge in [-0.1, -0.05) is 24.8 Å². The van der Waals surface area contributed by atoms with Crippen LogP contribution in [0, 0.1) is 0 Å². The lowest BCUT2D eigenvalue weighted by atomic mass is 10.7. The molecule has 0 N–H and O–H groups in total. The molecule has 0 fully saturated rings. The molecule has 0 radical (unpaired) electrons. The van der Waals surface area contributed by atoms with E-state index in [1.807, 2.05) is 18.2 Å². The molecule has 0 aliphatic carbocycles. The number of hydrogen-bond acceptors (Lipinski definition) is 1. The minimum atomic E-state index is -1.77. The maximum Gasteiger partial charge on any atom is 0.261 e. The van der Waals surface area contributed by atoms with E-state index in [2.05, 4.69) is 26.3 Å². The van der Waals surface area contributed by atoms with Gasteiger partial charge in [0.15, 0.2) is 0 Å². The molecular formula is C11H18OSi. The molecule has 0 saturated carbocycles. The summed E-state index contributed by atoms with van der Waals surface area (Å²) in [5.74, 6) is 0. The van der Waals surface area contributed by atoms with E-state index in [4.69, 9.17) is 4.43 Å². The van der Waals surface area contributed by atoms with Crippen LogP contribution in [0.4, 0.5) is 0 Å². The molecule has 2 heteroatoms. The van der Waals surface area contributed by atoms with Crippen molar-refractivity contribution in [3.63, 3.8) is 0 Å². The molecule has 0 aliphatic heterocycles. The molecule has 0 aromatic rings. The topological polar surface area (TPSA) is 9.23 Å². The van der Waals surface area contributed by atoms with Crippen molar-refractivity contribution >= 4 is 8.32 Å². The van der Waals surface area contributed by atoms with E-state index in [1.54, 1.807) is 0 Å². The largest absolute Gasteiger partial charge is 0.549 e. The van der Waals surface area contributed by atoms with E-state index in [9.17, 15) is 0 Å². The summed E-state index contributed by atoms with van der Waals surface area (Å²) < 4.78 is 5.64. The lowest BCUT2D eigenvalue weighted by Crippen LogP contribution is -2.34. The van der Waals surface area contributed by atoms with E-state index < -0.39 is 8.32 Å². The van der Waals surface area contributed by atoms with Crippen LogP contribution < -0.4 is 0 Å². The van der Waals surface area contributed by atoms with Crippen LogP contribution in [0.1, 0.15) is 0 Å². The Labute approximate surface area is 82.2 Å². The maximum absolute atomic E-state index is 5.64. The van der Waals surface area contributed by atoms with Crippen LogP contribution in [0.3, 0.4) is 0 Å². The molecule has 0 aliphatic rings. The lowest BCUT2D eigenvalue weighted by Gasteiger charge is -2.26. The fourth-order valence-corrected chi connectivity index (χ4v) is 4.08. The van der Waals surface area contributed by atoms with Gasteiger partial charge < -0.3 is 4.43 Å². The van der Waals surface area contributed by atoms with Gasteiger partial charge in [-0.25, -0.2) is 0 Å². The zero-order valence-corrected chi connectivity index (χ0v) is 9.17. The van der Waals surface area contributed by atoms with Gasteiger partial charge in [0.1, 0.15) is 0 Å². The van der Waals surface area contributed by atoms with Crippen LogP contribution in [-0.2, 0) is 4.43 Å². The first-order chi connectivity index (χ1) is 6.24. The minimum Gasteiger partial charge on any atom is -0.549 e. The quantitative estimate of drug-likeness (QED) is 0.325. The van der Waals surface area contributed by atoms with Crippen molar-refractivity contribution in [2.45, 2.75) is 18.1 Å². The monoisotopic (exact) mass is 194 g/mol. The first-order valence-electron chi connectivity index (χ1n) is 4.36. The summed E-state index contributed by atoms with van der Waals surface area (Å²) in [4.78, 5) is 0. The molecule has 0 aromatic heterocycles. The van der Waals surface area contributed by atoms with Gasteiger partial charge in [0.2, 0.25) is 0 Å². The summed E-state index contributed by atoms with van der Waals surface area (Å²) >= 11 is 0. The molecule has 0 aromatic carbocycles. The first kappa shape index (κ1) is 12.0. The number of allylic oxidation sites excluding steroid dienone is 3. The van der Waals surface area contributed by atoms with Gasteiger partial charge in [-0.3, -0.25) is 0 Å². The van der Waals surface area contributed by atoms with E-state index in [-0.39, 0.29) is 0 Å². The Bertz CT molecular complexity index is 151. The smallest absolute Gasteiger partial charge is 0.261 e. The molecule has 0 heterocycles. The molecule has 0 rings (SSSR count). The second-order valence-corrected chi connectivity index (χ2v) is 6.77. The highest BCUT2D eigenvalue weighted by Crippen LogP contribution is 2.24. The maximum atomic E-state index is 5.64. The van der Waals surface area contributed by atoms with Crippen molar-refractivity contribution in [3.8, 4) is 0 Å². The van der Waals surface area contributed by atoms with Gasteiger partial charge in [-0.2, -0.15) is 0 Å². The molecule has 13 heavy (non-hydrogen) atoms. The van der Waals surface area contributed by atoms with Crippen molar-refractivity contribution in [3.05, 3.63) is 50.8 Å². The van der Waals surface area contributed by atoms with Crippen molar-refractivity contribution in [1.82, 2.24) is 0 Å². The predicted molar refractivity (Wildman–Crippen MR) is 62.0 cm³/mol. The highest BCUT2D eigenvalue weighted by atomic mass is 28.4. The van der Waals surface area contributed by atoms with Gasteiger partial charge >= 0.3 is 0 Å². The number of rotatable bonds is 8. The van der Waals surface area contributed by atoms with E-state index in [0.29, 0.717) is 0 Å². The molecule has 0 saturated heterocycles. The molecular weight excluding hydrogens is 176 g/mol. The molecule has 0 bridgehead atoms. The third kappa shape index (κ3) is 3.94. The third-order valence-electron chi connectivity index (χ3n) is 1.88. The van der Waals surface area contributed by atoms with Crippen molar-refractivity contribution in [2.24, 2.45) is 0 Å². The average molecular weight is 194 g/mol. The zero-order valence-electron chi connectivity index (χ0n) is 8.17. The molecule has 72 valence electrons. The normalized spacial score (nSPS) is 10.2. The summed E-state index contributed by atoms with van der Waals surface area (Å²) in [7, 11) is -1.77. The summed E-state index contributed by atoms with van der Waals surface area (Å²) in [5, 5.41) is 0. The second kappa shape index (κ2) is 6.49. The van der Waals surface area contributed by atoms with Crippen molar-refractivity contribution in [2.75, 3.05) is 0 Å². The van der Waals surface area contributed by atoms with Crippen molar-refractivity contribution in [1.29, 1.82) is 0 Å². The van der Waals surface area contributed by atoms with Gasteiger partial charge in [0, 0.05) is 0 Å². The molecule has 0 amide bonds. The first-order valence-corrected chi connectivity index (χ1v) is 6.89. The summed E-state index contributed by atoms with van der Waals surface area (Å²) in [6.45, 7) is 14.8. The zero-order chi connectivity index (χ0) is 10.2. The lowest BCUT2D eigenvalue weighted by molar-refractivity contribution is 0.468. The van der Waals surface area contributed by atoms with Gasteiger partial charge in [0.05, 0.1) is 6.26 Å². The van der Waals surface area contributed by atoms with Crippen LogP contribution in [-0.4, -0.2) is 8.32 Å². The van der Waals surface area contributed by atoms with Gasteiger partial charge in [-0.05, 0) is 18.1 Å². The summed E-state index contributed by atoms with van der Waals surface area (Å²) in [6, 6.07) is 2.74. The summed E-state index contributed by atoms with van der Waals surface area (Å²) in [6.07, 6.45) is 7.25. The summed E-state index contributed by atoms with van der Waals surface area (Å²) in [5.41, 5.74) is 0. The average Bonchev–Trinajstić information content (AvgIpc) is 2.06.